The highest BCUT2D eigenvalue weighted by atomic mass is 79.9. The van der Waals surface area contributed by atoms with Crippen molar-refractivity contribution in [1.82, 2.24) is 24.6 Å². The predicted octanol–water partition coefficient (Wildman–Crippen LogP) is 3.89. The summed E-state index contributed by atoms with van der Waals surface area (Å²) < 4.78 is 2.57. The Labute approximate surface area is 194 Å². The van der Waals surface area contributed by atoms with Gasteiger partial charge in [-0.3, -0.25) is 14.5 Å². The number of rotatable bonds is 5. The number of hydrogen-bond acceptors (Lipinski definition) is 6. The number of nitrogens with zero attached hydrogens (tertiary/aromatic N) is 5. The maximum Gasteiger partial charge on any atom is 0.300 e. The zero-order chi connectivity index (χ0) is 23.6. The van der Waals surface area contributed by atoms with E-state index in [4.69, 9.17) is 20.6 Å². The number of aryl methyl sites for hydroxylation is 1. The van der Waals surface area contributed by atoms with Gasteiger partial charge in [0.1, 0.15) is 5.82 Å². The summed E-state index contributed by atoms with van der Waals surface area (Å²) in [6.07, 6.45) is 10.2. The molecule has 1 saturated heterocycles. The monoisotopic (exact) mass is 496 g/mol. The molecule has 1 aliphatic rings. The quantitative estimate of drug-likeness (QED) is 0.637. The summed E-state index contributed by atoms with van der Waals surface area (Å²) >= 11 is 3.70. The molecule has 0 spiro atoms. The average Bonchev–Trinajstić information content (AvgIpc) is 2.73. The lowest BCUT2D eigenvalue weighted by atomic mass is 9.93. The molecule has 1 aromatic heterocycles. The molecule has 0 saturated carbocycles. The molecule has 174 valence electrons. The van der Waals surface area contributed by atoms with Crippen molar-refractivity contribution < 1.29 is 9.90 Å². The molecule has 0 aliphatic carbocycles. The smallest absolute Gasteiger partial charge is 0.300 e. The molecule has 3 N–H and O–H groups in total. The van der Waals surface area contributed by atoms with Crippen molar-refractivity contribution in [1.29, 1.82) is 0 Å². The van der Waals surface area contributed by atoms with Crippen LogP contribution in [0.2, 0.25) is 0 Å². The number of hydrogen-bond donors (Lipinski definition) is 2. The van der Waals surface area contributed by atoms with Gasteiger partial charge in [-0.05, 0) is 60.9 Å². The van der Waals surface area contributed by atoms with E-state index in [2.05, 4.69) is 51.0 Å². The van der Waals surface area contributed by atoms with Gasteiger partial charge in [0.25, 0.3) is 5.97 Å². The maximum absolute atomic E-state index is 9.00. The van der Waals surface area contributed by atoms with Crippen molar-refractivity contribution in [2.45, 2.75) is 45.4 Å². The Morgan fingerprint density at radius 1 is 1.32 bits per heavy atom. The van der Waals surface area contributed by atoms with Crippen LogP contribution in [-0.2, 0) is 11.8 Å². The van der Waals surface area contributed by atoms with Crippen LogP contribution in [0.4, 0.5) is 5.82 Å². The highest BCUT2D eigenvalue weighted by Gasteiger charge is 2.22. The minimum Gasteiger partial charge on any atom is -0.481 e. The first-order valence-electron chi connectivity index (χ1n) is 10.5. The Hall–Kier alpha value is -2.13. The normalized spacial score (nSPS) is 15.0. The van der Waals surface area contributed by atoms with Crippen molar-refractivity contribution in [2.75, 3.05) is 40.0 Å². The van der Waals surface area contributed by atoms with Gasteiger partial charge in [0.2, 0.25) is 0 Å². The summed E-state index contributed by atoms with van der Waals surface area (Å²) in [7, 11) is 8.12. The van der Waals surface area contributed by atoms with E-state index in [-0.39, 0.29) is 0 Å². The minimum absolute atomic E-state index is 0.394. The van der Waals surface area contributed by atoms with Crippen molar-refractivity contribution in [3.8, 4) is 0 Å². The molecule has 9 heteroatoms. The number of nitrogens with two attached hydrogens (primary N) is 1. The molecule has 1 aliphatic heterocycles. The van der Waals surface area contributed by atoms with E-state index in [1.54, 1.807) is 4.68 Å². The predicted molar refractivity (Wildman–Crippen MR) is 130 cm³/mol. The van der Waals surface area contributed by atoms with Gasteiger partial charge in [-0.1, -0.05) is 13.3 Å². The number of aromatic nitrogens is 3. The summed E-state index contributed by atoms with van der Waals surface area (Å²) in [4.78, 5) is 18.4. The van der Waals surface area contributed by atoms with Gasteiger partial charge in [-0.15, -0.1) is 0 Å². The number of allylic oxidation sites excluding steroid dienone is 1. The van der Waals surface area contributed by atoms with Crippen LogP contribution in [0.15, 0.2) is 23.1 Å². The van der Waals surface area contributed by atoms with Gasteiger partial charge in [0.05, 0.1) is 16.4 Å². The van der Waals surface area contributed by atoms with Gasteiger partial charge in [-0.2, -0.15) is 5.10 Å². The van der Waals surface area contributed by atoms with Crippen molar-refractivity contribution in [3.05, 3.63) is 34.3 Å². The highest BCUT2D eigenvalue weighted by molar-refractivity contribution is 9.10. The van der Waals surface area contributed by atoms with Gasteiger partial charge in [0.15, 0.2) is 0 Å². The van der Waals surface area contributed by atoms with Crippen molar-refractivity contribution in [2.24, 2.45) is 7.05 Å². The van der Waals surface area contributed by atoms with E-state index in [0.717, 1.165) is 61.4 Å². The Bertz CT molecular complexity index is 809. The van der Waals surface area contributed by atoms with E-state index in [1.165, 1.54) is 5.57 Å². The van der Waals surface area contributed by atoms with Crippen LogP contribution in [0.25, 0.3) is 5.57 Å². The van der Waals surface area contributed by atoms with Crippen LogP contribution in [-0.4, -0.2) is 69.9 Å². The number of likely N-dealkylation sites (tertiary alicyclic amines) is 1. The number of piperidine rings is 1. The van der Waals surface area contributed by atoms with Gasteiger partial charge < -0.3 is 20.6 Å². The van der Waals surface area contributed by atoms with E-state index in [1.807, 2.05) is 33.5 Å². The number of carbonyl (C=O) groups is 1. The van der Waals surface area contributed by atoms with Gasteiger partial charge >= 0.3 is 0 Å². The molecule has 0 bridgehead atoms. The molecule has 0 aromatic carbocycles. The molecule has 1 fully saturated rings. The summed E-state index contributed by atoms with van der Waals surface area (Å²) in [6.45, 7) is 5.43. The van der Waals surface area contributed by atoms with Gasteiger partial charge in [-0.25, -0.2) is 0 Å². The summed E-state index contributed by atoms with van der Waals surface area (Å²) in [5, 5.41) is 12.0. The van der Waals surface area contributed by atoms with Crippen molar-refractivity contribution in [3.63, 3.8) is 0 Å². The summed E-state index contributed by atoms with van der Waals surface area (Å²) in [5.41, 5.74) is 9.63. The Morgan fingerprint density at radius 3 is 2.42 bits per heavy atom. The van der Waals surface area contributed by atoms with Crippen LogP contribution in [0.3, 0.4) is 0 Å². The molecule has 2 heterocycles. The minimum atomic E-state index is -0.833. The lowest BCUT2D eigenvalue weighted by Crippen LogP contribution is -2.29. The zero-order valence-corrected chi connectivity index (χ0v) is 21.2. The van der Waals surface area contributed by atoms with E-state index in [9.17, 15) is 0 Å². The van der Waals surface area contributed by atoms with E-state index in [0.29, 0.717) is 11.7 Å². The molecule has 0 atom stereocenters. The Morgan fingerprint density at radius 2 is 1.90 bits per heavy atom. The molecule has 0 unspecified atom stereocenters. The third-order valence-electron chi connectivity index (χ3n) is 4.92. The number of carboxylic acids is 1. The molecular formula is C22H37BrN6O2. The lowest BCUT2D eigenvalue weighted by Gasteiger charge is -2.28. The lowest BCUT2D eigenvalue weighted by molar-refractivity contribution is -0.134. The summed E-state index contributed by atoms with van der Waals surface area (Å²) in [6, 6.07) is 0. The number of aliphatic carboxylic acids is 1. The third kappa shape index (κ3) is 9.26. The molecule has 31 heavy (non-hydrogen) atoms. The SMILES string of the molecule is CC(=O)O.CCC/C(=C\N(C)C)c1cnc(C2CCN(C)CC2)c(Br)c(N)n(C)nc1. The average molecular weight is 497 g/mol. The second kappa shape index (κ2) is 13.3. The number of carboxylic acid groups (broad SMARTS) is 1. The molecule has 0 amide bonds. The van der Waals surface area contributed by atoms with Crippen LogP contribution in [0.5, 0.6) is 0 Å². The molecule has 8 nitrogen and oxygen atoms in total. The number of anilines is 1. The van der Waals surface area contributed by atoms with Crippen LogP contribution >= 0.6 is 15.9 Å². The second-order valence-corrected chi connectivity index (χ2v) is 8.82. The second-order valence-electron chi connectivity index (χ2n) is 8.03. The van der Waals surface area contributed by atoms with Gasteiger partial charge in [0, 0.05) is 51.9 Å². The Balaban J connectivity index is 0.00000110. The topological polar surface area (TPSA) is 101 Å². The van der Waals surface area contributed by atoms with Crippen LogP contribution in [0, 0.1) is 0 Å². The molecule has 2 rings (SSSR count). The van der Waals surface area contributed by atoms with Crippen LogP contribution in [0.1, 0.15) is 56.7 Å². The van der Waals surface area contributed by atoms with Crippen molar-refractivity contribution >= 4 is 33.3 Å². The number of nitrogen functional groups attached to an aromatic ring is 1. The zero-order valence-electron chi connectivity index (χ0n) is 19.6. The fourth-order valence-electron chi connectivity index (χ4n) is 3.31. The maximum atomic E-state index is 9.00. The molecular weight excluding hydrogens is 460 g/mol. The first kappa shape index (κ1) is 26.9. The molecule has 1 aromatic rings. The van der Waals surface area contributed by atoms with E-state index >= 15 is 0 Å². The highest BCUT2D eigenvalue weighted by Crippen LogP contribution is 2.33. The fourth-order valence-corrected chi connectivity index (χ4v) is 3.99. The number of halogens is 1. The standard InChI is InChI=1S/C20H33BrN6.C2H4O2/c1-6-7-16(14-25(2)3)17-12-23-19(15-8-10-26(4)11-9-15)18(21)20(22)27(5)24-13-17;1-2(3)4/h12-15H,6-11,22H2,1-5H3;1H3,(H,3,4)/b16-14+,17-12?,20-18?,23-19?,24-13?;. The largest absolute Gasteiger partial charge is 0.481 e. The third-order valence-corrected chi connectivity index (χ3v) is 5.73. The fraction of sp³-hybridized carbons (Fsp3) is 0.591. The van der Waals surface area contributed by atoms with E-state index < -0.39 is 5.97 Å². The first-order chi connectivity index (χ1) is 14.6. The molecule has 0 radical (unpaired) electrons. The Kier molecular flexibility index (Phi) is 11.6. The summed E-state index contributed by atoms with van der Waals surface area (Å²) in [5.74, 6) is 0.151. The first-order valence-corrected chi connectivity index (χ1v) is 11.3. The van der Waals surface area contributed by atoms with Crippen LogP contribution < -0.4 is 5.73 Å².